The summed E-state index contributed by atoms with van der Waals surface area (Å²) in [7, 11) is 0. The number of nitrogens with zero attached hydrogens (tertiary/aromatic N) is 2. The number of hydrogen-bond acceptors (Lipinski definition) is 4. The molecule has 9 rings (SSSR count). The molecule has 0 bridgehead atoms. The van der Waals surface area contributed by atoms with E-state index in [-0.39, 0.29) is 35.5 Å². The third-order valence-electron chi connectivity index (χ3n) is 13.1. The van der Waals surface area contributed by atoms with Gasteiger partial charge in [0.05, 0.1) is 0 Å². The number of imide groups is 2. The Labute approximate surface area is 340 Å². The molecule has 2 atom stereocenters. The zero-order chi connectivity index (χ0) is 40.2. The van der Waals surface area contributed by atoms with Crippen molar-refractivity contribution in [1.29, 1.82) is 0 Å². The fourth-order valence-corrected chi connectivity index (χ4v) is 9.94. The van der Waals surface area contributed by atoms with Crippen molar-refractivity contribution in [1.82, 2.24) is 9.80 Å². The Bertz CT molecular complexity index is 2580. The van der Waals surface area contributed by atoms with Crippen molar-refractivity contribution in [3.63, 3.8) is 0 Å². The van der Waals surface area contributed by atoms with Gasteiger partial charge < -0.3 is 0 Å². The zero-order valence-electron chi connectivity index (χ0n) is 34.0. The highest BCUT2D eigenvalue weighted by Gasteiger charge is 2.39. The quantitative estimate of drug-likeness (QED) is 0.0627. The van der Waals surface area contributed by atoms with Gasteiger partial charge >= 0.3 is 0 Å². The smallest absolute Gasteiger partial charge is 0.261 e. The topological polar surface area (TPSA) is 74.8 Å². The summed E-state index contributed by atoms with van der Waals surface area (Å²) in [6, 6.07) is 32.1. The molecule has 0 spiro atoms. The molecule has 0 saturated carbocycles. The first-order chi connectivity index (χ1) is 28.3. The lowest BCUT2D eigenvalue weighted by molar-refractivity contribution is 0.0565. The molecule has 0 saturated heterocycles. The highest BCUT2D eigenvalue weighted by Crippen LogP contribution is 2.52. The molecule has 2 aliphatic heterocycles. The highest BCUT2D eigenvalue weighted by molar-refractivity contribution is 6.44. The van der Waals surface area contributed by atoms with E-state index in [2.05, 4.69) is 52.0 Å². The van der Waals surface area contributed by atoms with Gasteiger partial charge in [0.1, 0.15) is 0 Å². The lowest BCUT2D eigenvalue weighted by Gasteiger charge is -2.33. The summed E-state index contributed by atoms with van der Waals surface area (Å²) >= 11 is 0. The molecule has 292 valence electrons. The summed E-state index contributed by atoms with van der Waals surface area (Å²) in [4.78, 5) is 61.7. The zero-order valence-corrected chi connectivity index (χ0v) is 34.0. The van der Waals surface area contributed by atoms with Gasteiger partial charge in [0.15, 0.2) is 0 Å². The minimum Gasteiger partial charge on any atom is -0.274 e. The number of carbonyl (C=O) groups is 4. The van der Waals surface area contributed by atoms with Crippen molar-refractivity contribution in [3.05, 3.63) is 119 Å². The van der Waals surface area contributed by atoms with Gasteiger partial charge in [-0.15, -0.1) is 0 Å². The molecule has 0 aliphatic carbocycles. The Morgan fingerprint density at radius 1 is 0.414 bits per heavy atom. The van der Waals surface area contributed by atoms with Crippen molar-refractivity contribution < 1.29 is 19.2 Å². The largest absolute Gasteiger partial charge is 0.274 e. The minimum atomic E-state index is -0.256. The molecule has 0 aromatic heterocycles. The Morgan fingerprint density at radius 2 is 0.793 bits per heavy atom. The third kappa shape index (κ3) is 5.82. The van der Waals surface area contributed by atoms with Crippen molar-refractivity contribution in [2.75, 3.05) is 13.1 Å². The molecule has 2 aliphatic rings. The first-order valence-corrected chi connectivity index (χ1v) is 21.4. The first kappa shape index (κ1) is 37.7. The number of rotatable bonds is 14. The molecule has 2 heterocycles. The Hall–Kier alpha value is -5.88. The molecular weight excluding hydrogens is 717 g/mol. The average Bonchev–Trinajstić information content (AvgIpc) is 3.26. The van der Waals surface area contributed by atoms with E-state index in [1.165, 1.54) is 9.80 Å². The lowest BCUT2D eigenvalue weighted by Crippen LogP contribution is -2.43. The highest BCUT2D eigenvalue weighted by atomic mass is 16.2. The average molecular weight is 767 g/mol. The van der Waals surface area contributed by atoms with Gasteiger partial charge in [-0.2, -0.15) is 0 Å². The maximum atomic E-state index is 14.8. The molecule has 6 nitrogen and oxygen atoms in total. The van der Waals surface area contributed by atoms with Crippen LogP contribution in [0, 0.1) is 11.8 Å². The molecule has 6 heteroatoms. The van der Waals surface area contributed by atoms with Crippen LogP contribution >= 0.6 is 0 Å². The van der Waals surface area contributed by atoms with Crippen molar-refractivity contribution in [3.8, 4) is 22.3 Å². The van der Waals surface area contributed by atoms with Crippen LogP contribution < -0.4 is 0 Å². The summed E-state index contributed by atoms with van der Waals surface area (Å²) in [5.74, 6) is -0.571. The van der Waals surface area contributed by atoms with E-state index in [9.17, 15) is 19.2 Å². The van der Waals surface area contributed by atoms with E-state index in [0.717, 1.165) is 106 Å². The first-order valence-electron chi connectivity index (χ1n) is 21.4. The second-order valence-corrected chi connectivity index (χ2v) is 16.5. The maximum Gasteiger partial charge on any atom is 0.261 e. The summed E-state index contributed by atoms with van der Waals surface area (Å²) in [5.41, 5.74) is 5.78. The van der Waals surface area contributed by atoms with Crippen LogP contribution in [0.4, 0.5) is 0 Å². The monoisotopic (exact) mass is 766 g/mol. The SMILES string of the molecule is CCCCC(CC)CN1C(=O)c2ccc3c4c(-c5ccccc5)cc5c6c(ccc(c7c(-c8ccccc8)cc(c2c37)C1=O)c64)C(=O)N(CC(CC)CCCC)C5=O. The minimum absolute atomic E-state index is 0.223. The van der Waals surface area contributed by atoms with Gasteiger partial charge in [-0.1, -0.05) is 139 Å². The molecule has 58 heavy (non-hydrogen) atoms. The van der Waals surface area contributed by atoms with Gasteiger partial charge in [0.25, 0.3) is 23.6 Å². The normalized spacial score (nSPS) is 15.2. The summed E-state index contributed by atoms with van der Waals surface area (Å²) in [6.45, 7) is 9.39. The van der Waals surface area contributed by atoms with E-state index in [4.69, 9.17) is 0 Å². The van der Waals surface area contributed by atoms with Gasteiger partial charge in [0, 0.05) is 46.1 Å². The Morgan fingerprint density at radius 3 is 1.16 bits per heavy atom. The van der Waals surface area contributed by atoms with E-state index >= 15 is 0 Å². The Kier molecular flexibility index (Phi) is 9.83. The maximum absolute atomic E-state index is 14.8. The lowest BCUT2D eigenvalue weighted by atomic mass is 9.77. The van der Waals surface area contributed by atoms with Crippen LogP contribution in [0.25, 0.3) is 65.3 Å². The molecular formula is C52H50N2O4. The van der Waals surface area contributed by atoms with Gasteiger partial charge in [-0.3, -0.25) is 29.0 Å². The molecule has 4 amide bonds. The van der Waals surface area contributed by atoms with Crippen molar-refractivity contribution in [2.24, 2.45) is 11.8 Å². The molecule has 0 N–H and O–H groups in total. The van der Waals surface area contributed by atoms with Crippen LogP contribution in [0.5, 0.6) is 0 Å². The second-order valence-electron chi connectivity index (χ2n) is 16.5. The fraction of sp³-hybridized carbons (Fsp3) is 0.308. The predicted octanol–water partition coefficient (Wildman–Crippen LogP) is 12.7. The Balaban J connectivity index is 1.38. The number of carbonyl (C=O) groups excluding carboxylic acids is 4. The fourth-order valence-electron chi connectivity index (χ4n) is 9.94. The molecule has 7 aromatic rings. The number of unbranched alkanes of at least 4 members (excludes halogenated alkanes) is 2. The van der Waals surface area contributed by atoms with Crippen LogP contribution in [0.2, 0.25) is 0 Å². The number of amides is 4. The van der Waals surface area contributed by atoms with Crippen LogP contribution in [0.1, 0.15) is 120 Å². The number of hydrogen-bond donors (Lipinski definition) is 0. The van der Waals surface area contributed by atoms with Crippen LogP contribution in [0.3, 0.4) is 0 Å². The van der Waals surface area contributed by atoms with Crippen LogP contribution in [-0.4, -0.2) is 46.5 Å². The van der Waals surface area contributed by atoms with E-state index in [1.54, 1.807) is 0 Å². The number of benzene rings is 7. The number of fused-ring (bicyclic) bond motifs is 2. The summed E-state index contributed by atoms with van der Waals surface area (Å²) in [6.07, 6.45) is 7.94. The van der Waals surface area contributed by atoms with Gasteiger partial charge in [0.2, 0.25) is 0 Å². The van der Waals surface area contributed by atoms with Crippen molar-refractivity contribution >= 4 is 66.7 Å². The molecule has 2 unspecified atom stereocenters. The molecule has 7 aromatic carbocycles. The molecule has 0 fully saturated rings. The van der Waals surface area contributed by atoms with Crippen LogP contribution in [0.15, 0.2) is 97.1 Å². The standard InChI is InChI=1S/C52H50N2O4/c1-5-9-17-31(7-3)29-53-49(55)37-25-23-35-44-40(34-21-15-12-16-22-34)28-42-46-38(50(56)54(52(42)58)30-32(8-4)18-10-6-2)26-24-36(48(44)46)43-39(33-19-13-11-14-20-33)27-41(51(53)57)45(37)47(35)43/h11-16,19-28,31-32H,5-10,17-18,29-30H2,1-4H3. The van der Waals surface area contributed by atoms with Gasteiger partial charge in [-0.05, 0) is 104 Å². The predicted molar refractivity (Wildman–Crippen MR) is 236 cm³/mol. The molecule has 0 radical (unpaired) electrons. The summed E-state index contributed by atoms with van der Waals surface area (Å²) < 4.78 is 0. The van der Waals surface area contributed by atoms with E-state index in [1.807, 2.05) is 72.8 Å². The van der Waals surface area contributed by atoms with E-state index < -0.39 is 0 Å². The van der Waals surface area contributed by atoms with Crippen molar-refractivity contribution in [2.45, 2.75) is 79.1 Å². The van der Waals surface area contributed by atoms with Gasteiger partial charge in [-0.25, -0.2) is 0 Å². The second kappa shape index (κ2) is 15.1. The summed E-state index contributed by atoms with van der Waals surface area (Å²) in [5, 5.41) is 6.67. The third-order valence-corrected chi connectivity index (χ3v) is 13.1. The van der Waals surface area contributed by atoms with E-state index in [0.29, 0.717) is 46.1 Å². The van der Waals surface area contributed by atoms with Crippen LogP contribution in [-0.2, 0) is 0 Å².